The topological polar surface area (TPSA) is 120 Å². The lowest BCUT2D eigenvalue weighted by Crippen LogP contribution is -2.23. The molecule has 8 heteroatoms. The number of anilines is 1. The van der Waals surface area contributed by atoms with E-state index in [1.807, 2.05) is 6.07 Å². The van der Waals surface area contributed by atoms with Crippen LogP contribution in [0.25, 0.3) is 0 Å². The number of aromatic amines is 1. The third kappa shape index (κ3) is 3.67. The number of nitrogens with two attached hydrogens (primary N) is 1. The number of nitriles is 1. The predicted molar refractivity (Wildman–Crippen MR) is 80.2 cm³/mol. The van der Waals surface area contributed by atoms with Gasteiger partial charge < -0.3 is 11.1 Å². The molecule has 22 heavy (non-hydrogen) atoms. The molecule has 0 saturated carbocycles. The quantitative estimate of drug-likeness (QED) is 0.583. The van der Waals surface area contributed by atoms with Crippen molar-refractivity contribution in [2.75, 3.05) is 5.32 Å². The fourth-order valence-electron chi connectivity index (χ4n) is 1.76. The summed E-state index contributed by atoms with van der Waals surface area (Å²) in [4.78, 5) is 22.3. The van der Waals surface area contributed by atoms with E-state index >= 15 is 0 Å². The Balaban J connectivity index is 2.23. The average molecular weight is 300 g/mol. The number of aryl methyl sites for hydroxylation is 1. The monoisotopic (exact) mass is 300 g/mol. The highest BCUT2D eigenvalue weighted by Crippen LogP contribution is 2.09. The van der Waals surface area contributed by atoms with Crippen molar-refractivity contribution in [2.45, 2.75) is 13.3 Å². The first-order valence-electron chi connectivity index (χ1n) is 6.33. The van der Waals surface area contributed by atoms with Crippen molar-refractivity contribution < 1.29 is 4.39 Å². The first kappa shape index (κ1) is 15.2. The molecular formula is C14H13FN6O. The number of nitrogens with zero attached hydrogens (tertiary/aromatic N) is 3. The summed E-state index contributed by atoms with van der Waals surface area (Å²) >= 11 is 0. The molecule has 1 aromatic heterocycles. The second kappa shape index (κ2) is 6.49. The Morgan fingerprint density at radius 1 is 1.50 bits per heavy atom. The lowest BCUT2D eigenvalue weighted by atomic mass is 10.2. The van der Waals surface area contributed by atoms with Crippen molar-refractivity contribution in [1.82, 2.24) is 9.97 Å². The first-order valence-corrected chi connectivity index (χ1v) is 6.33. The van der Waals surface area contributed by atoms with Crippen LogP contribution in [0.4, 0.5) is 16.0 Å². The molecule has 2 aromatic rings. The van der Waals surface area contributed by atoms with Crippen LogP contribution in [0.1, 0.15) is 11.3 Å². The Morgan fingerprint density at radius 3 is 2.77 bits per heavy atom. The SMILES string of the molecule is Cc1nc(N=C(N)Nc2ccc(F)cc2)[nH]c(=O)c1CC#N. The summed E-state index contributed by atoms with van der Waals surface area (Å²) in [5.41, 5.74) is 6.53. The number of aliphatic imine (C=N–C) groups is 1. The van der Waals surface area contributed by atoms with Crippen LogP contribution in [-0.4, -0.2) is 15.9 Å². The van der Waals surface area contributed by atoms with Crippen LogP contribution in [0.5, 0.6) is 0 Å². The number of rotatable bonds is 3. The molecule has 0 fully saturated rings. The highest BCUT2D eigenvalue weighted by Gasteiger charge is 2.07. The minimum atomic E-state index is -0.428. The fourth-order valence-corrected chi connectivity index (χ4v) is 1.76. The maximum Gasteiger partial charge on any atom is 0.256 e. The van der Waals surface area contributed by atoms with Gasteiger partial charge in [-0.1, -0.05) is 0 Å². The van der Waals surface area contributed by atoms with Gasteiger partial charge in [0.25, 0.3) is 5.56 Å². The Bertz CT molecular complexity index is 804. The maximum atomic E-state index is 12.8. The highest BCUT2D eigenvalue weighted by atomic mass is 19.1. The molecule has 7 nitrogen and oxygen atoms in total. The molecule has 2 rings (SSSR count). The summed E-state index contributed by atoms with van der Waals surface area (Å²) in [5, 5.41) is 11.4. The van der Waals surface area contributed by atoms with Crippen LogP contribution in [0.15, 0.2) is 34.1 Å². The molecule has 0 saturated heterocycles. The third-order valence-electron chi connectivity index (χ3n) is 2.81. The molecule has 0 unspecified atom stereocenters. The van der Waals surface area contributed by atoms with Gasteiger partial charge >= 0.3 is 0 Å². The summed E-state index contributed by atoms with van der Waals surface area (Å²) in [6.07, 6.45) is -0.0263. The molecule has 0 atom stereocenters. The van der Waals surface area contributed by atoms with Crippen molar-refractivity contribution in [1.29, 1.82) is 5.26 Å². The first-order chi connectivity index (χ1) is 10.5. The van der Waals surface area contributed by atoms with E-state index < -0.39 is 5.56 Å². The molecular weight excluding hydrogens is 287 g/mol. The van der Waals surface area contributed by atoms with Crippen LogP contribution in [0.3, 0.4) is 0 Å². The largest absolute Gasteiger partial charge is 0.369 e. The van der Waals surface area contributed by atoms with Crippen molar-refractivity contribution in [2.24, 2.45) is 10.7 Å². The van der Waals surface area contributed by atoms with E-state index in [1.165, 1.54) is 24.3 Å². The summed E-state index contributed by atoms with van der Waals surface area (Å²) in [5.74, 6) is -0.353. The fraction of sp³-hybridized carbons (Fsp3) is 0.143. The third-order valence-corrected chi connectivity index (χ3v) is 2.81. The lowest BCUT2D eigenvalue weighted by Gasteiger charge is -2.06. The minimum Gasteiger partial charge on any atom is -0.369 e. The molecule has 0 amide bonds. The van der Waals surface area contributed by atoms with Crippen molar-refractivity contribution >= 4 is 17.6 Å². The maximum absolute atomic E-state index is 12.8. The summed E-state index contributed by atoms with van der Waals surface area (Å²) in [6.45, 7) is 1.62. The Labute approximate surface area is 125 Å². The van der Waals surface area contributed by atoms with Gasteiger partial charge in [0, 0.05) is 5.69 Å². The van der Waals surface area contributed by atoms with Gasteiger partial charge in [-0.15, -0.1) is 0 Å². The normalized spacial score (nSPS) is 11.0. The number of nitrogens with one attached hydrogen (secondary N) is 2. The summed E-state index contributed by atoms with van der Waals surface area (Å²) in [7, 11) is 0. The van der Waals surface area contributed by atoms with Crippen molar-refractivity contribution in [3.8, 4) is 6.07 Å². The zero-order valence-electron chi connectivity index (χ0n) is 11.7. The molecule has 0 aliphatic heterocycles. The van der Waals surface area contributed by atoms with Gasteiger partial charge in [0.2, 0.25) is 11.9 Å². The van der Waals surface area contributed by atoms with Crippen molar-refractivity contribution in [3.05, 3.63) is 51.7 Å². The van der Waals surface area contributed by atoms with E-state index in [-0.39, 0.29) is 24.1 Å². The van der Waals surface area contributed by atoms with Crippen LogP contribution in [0.2, 0.25) is 0 Å². The van der Waals surface area contributed by atoms with E-state index in [0.29, 0.717) is 16.9 Å². The second-order valence-electron chi connectivity index (χ2n) is 4.42. The Hall–Kier alpha value is -3.21. The number of hydrogen-bond donors (Lipinski definition) is 3. The molecule has 1 aromatic carbocycles. The molecule has 0 aliphatic rings. The standard InChI is InChI=1S/C14H13FN6O/c1-8-11(6-7-16)12(22)20-14(18-8)21-13(17)19-10-4-2-9(15)3-5-10/h2-5H,6H2,1H3,(H4,17,18,19,20,21,22). The minimum absolute atomic E-state index is 0.0119. The molecule has 1 heterocycles. The van der Waals surface area contributed by atoms with Gasteiger partial charge in [0.05, 0.1) is 23.7 Å². The molecule has 0 radical (unpaired) electrons. The highest BCUT2D eigenvalue weighted by molar-refractivity contribution is 5.93. The van der Waals surface area contributed by atoms with Crippen LogP contribution in [0, 0.1) is 24.1 Å². The number of aromatic nitrogens is 2. The van der Waals surface area contributed by atoms with E-state index in [1.54, 1.807) is 6.92 Å². The van der Waals surface area contributed by atoms with Gasteiger partial charge in [-0.3, -0.25) is 9.78 Å². The zero-order chi connectivity index (χ0) is 16.1. The Morgan fingerprint density at radius 2 is 2.18 bits per heavy atom. The molecule has 0 aliphatic carbocycles. The Kier molecular flexibility index (Phi) is 4.48. The number of guanidine groups is 1. The average Bonchev–Trinajstić information content (AvgIpc) is 2.45. The zero-order valence-corrected chi connectivity index (χ0v) is 11.7. The van der Waals surface area contributed by atoms with Crippen LogP contribution < -0.4 is 16.6 Å². The lowest BCUT2D eigenvalue weighted by molar-refractivity contribution is 0.628. The second-order valence-corrected chi connectivity index (χ2v) is 4.42. The van der Waals surface area contributed by atoms with Gasteiger partial charge in [-0.05, 0) is 31.2 Å². The predicted octanol–water partition coefficient (Wildman–Crippen LogP) is 1.34. The summed E-state index contributed by atoms with van der Waals surface area (Å²) < 4.78 is 12.8. The number of halogens is 1. The molecule has 112 valence electrons. The van der Waals surface area contributed by atoms with Gasteiger partial charge in [0.1, 0.15) is 5.82 Å². The van der Waals surface area contributed by atoms with Crippen molar-refractivity contribution in [3.63, 3.8) is 0 Å². The van der Waals surface area contributed by atoms with E-state index in [2.05, 4.69) is 20.3 Å². The van der Waals surface area contributed by atoms with E-state index in [4.69, 9.17) is 11.0 Å². The van der Waals surface area contributed by atoms with E-state index in [0.717, 1.165) is 0 Å². The van der Waals surface area contributed by atoms with Gasteiger partial charge in [-0.2, -0.15) is 10.3 Å². The van der Waals surface area contributed by atoms with E-state index in [9.17, 15) is 9.18 Å². The van der Waals surface area contributed by atoms with Crippen LogP contribution in [-0.2, 0) is 6.42 Å². The molecule has 4 N–H and O–H groups in total. The number of H-pyrrole nitrogens is 1. The summed E-state index contributed by atoms with van der Waals surface area (Å²) in [6, 6.07) is 7.44. The molecule has 0 bridgehead atoms. The van der Waals surface area contributed by atoms with Crippen LogP contribution >= 0.6 is 0 Å². The molecule has 0 spiro atoms. The number of benzene rings is 1. The van der Waals surface area contributed by atoms with Gasteiger partial charge in [-0.25, -0.2) is 9.37 Å². The number of hydrogen-bond acceptors (Lipinski definition) is 4. The smallest absolute Gasteiger partial charge is 0.256 e. The van der Waals surface area contributed by atoms with Gasteiger partial charge in [0.15, 0.2) is 0 Å².